The average Bonchev–Trinajstić information content (AvgIpc) is 2.51. The van der Waals surface area contributed by atoms with Gasteiger partial charge in [0.05, 0.1) is 6.61 Å². The molecule has 1 heterocycles. The minimum absolute atomic E-state index is 0.433. The van der Waals surface area contributed by atoms with Crippen molar-refractivity contribution in [1.82, 2.24) is 10.2 Å². The molecule has 0 saturated heterocycles. The normalized spacial score (nSPS) is 17.9. The molecule has 1 aromatic carbocycles. The molecule has 0 radical (unpaired) electrons. The van der Waals surface area contributed by atoms with Crippen molar-refractivity contribution in [1.29, 1.82) is 0 Å². The van der Waals surface area contributed by atoms with Crippen LogP contribution in [-0.2, 0) is 0 Å². The number of fused-ring (bicyclic) bond motifs is 1. The van der Waals surface area contributed by atoms with Crippen LogP contribution < -0.4 is 10.1 Å². The van der Waals surface area contributed by atoms with E-state index in [4.69, 9.17) is 4.74 Å². The third-order valence-electron chi connectivity index (χ3n) is 4.44. The SMILES string of the molecule is CCN(CC)CCNC1CCOc2c(C(C)C)cccc21. The molecule has 1 aromatic rings. The van der Waals surface area contributed by atoms with Crippen LogP contribution in [0.4, 0.5) is 0 Å². The zero-order valence-corrected chi connectivity index (χ0v) is 14.0. The molecule has 118 valence electrons. The monoisotopic (exact) mass is 290 g/mol. The number of hydrogen-bond donors (Lipinski definition) is 1. The molecule has 1 N–H and O–H groups in total. The Morgan fingerprint density at radius 1 is 1.29 bits per heavy atom. The summed E-state index contributed by atoms with van der Waals surface area (Å²) in [6.45, 7) is 14.1. The second-order valence-corrected chi connectivity index (χ2v) is 6.09. The van der Waals surface area contributed by atoms with Crippen molar-refractivity contribution < 1.29 is 4.74 Å². The standard InChI is InChI=1S/C18H30N2O/c1-5-20(6-2)12-11-19-17-10-13-21-18-15(14(3)4)8-7-9-16(17)18/h7-9,14,17,19H,5-6,10-13H2,1-4H3. The first kappa shape index (κ1) is 16.3. The van der Waals surface area contributed by atoms with Crippen LogP contribution in [0.25, 0.3) is 0 Å². The average molecular weight is 290 g/mol. The molecule has 2 rings (SSSR count). The number of nitrogens with zero attached hydrogens (tertiary/aromatic N) is 1. The summed E-state index contributed by atoms with van der Waals surface area (Å²) >= 11 is 0. The van der Waals surface area contributed by atoms with E-state index in [1.54, 1.807) is 0 Å². The summed E-state index contributed by atoms with van der Waals surface area (Å²) in [5.41, 5.74) is 2.68. The van der Waals surface area contributed by atoms with Gasteiger partial charge in [0.2, 0.25) is 0 Å². The third-order valence-corrected chi connectivity index (χ3v) is 4.44. The highest BCUT2D eigenvalue weighted by atomic mass is 16.5. The van der Waals surface area contributed by atoms with Gasteiger partial charge in [-0.25, -0.2) is 0 Å². The molecule has 1 aliphatic rings. The Morgan fingerprint density at radius 3 is 2.71 bits per heavy atom. The fraction of sp³-hybridized carbons (Fsp3) is 0.667. The molecule has 0 fully saturated rings. The molecular weight excluding hydrogens is 260 g/mol. The number of nitrogens with one attached hydrogen (secondary N) is 1. The lowest BCUT2D eigenvalue weighted by Gasteiger charge is -2.30. The number of ether oxygens (including phenoxy) is 1. The maximum absolute atomic E-state index is 5.97. The molecule has 3 nitrogen and oxygen atoms in total. The fourth-order valence-electron chi connectivity index (χ4n) is 3.05. The molecule has 1 atom stereocenters. The van der Waals surface area contributed by atoms with Gasteiger partial charge in [0.15, 0.2) is 0 Å². The van der Waals surface area contributed by atoms with E-state index >= 15 is 0 Å². The van der Waals surface area contributed by atoms with Gasteiger partial charge in [-0.2, -0.15) is 0 Å². The smallest absolute Gasteiger partial charge is 0.127 e. The van der Waals surface area contributed by atoms with Crippen molar-refractivity contribution in [2.24, 2.45) is 0 Å². The van der Waals surface area contributed by atoms with Gasteiger partial charge in [0, 0.05) is 31.1 Å². The largest absolute Gasteiger partial charge is 0.493 e. The van der Waals surface area contributed by atoms with Crippen LogP contribution in [0.2, 0.25) is 0 Å². The molecule has 0 spiro atoms. The minimum atomic E-state index is 0.433. The molecule has 1 unspecified atom stereocenters. The van der Waals surface area contributed by atoms with Gasteiger partial charge in [0.25, 0.3) is 0 Å². The summed E-state index contributed by atoms with van der Waals surface area (Å²) in [6, 6.07) is 7.02. The highest BCUT2D eigenvalue weighted by Crippen LogP contribution is 2.37. The minimum Gasteiger partial charge on any atom is -0.493 e. The van der Waals surface area contributed by atoms with E-state index < -0.39 is 0 Å². The summed E-state index contributed by atoms with van der Waals surface area (Å²) in [5.74, 6) is 1.63. The molecule has 0 amide bonds. The van der Waals surface area contributed by atoms with Crippen LogP contribution in [0, 0.1) is 0 Å². The van der Waals surface area contributed by atoms with Crippen LogP contribution in [0.1, 0.15) is 57.2 Å². The number of hydrogen-bond acceptors (Lipinski definition) is 3. The maximum atomic E-state index is 5.97. The van der Waals surface area contributed by atoms with E-state index in [2.05, 4.69) is 56.1 Å². The Balaban J connectivity index is 2.03. The van der Waals surface area contributed by atoms with Gasteiger partial charge in [0.1, 0.15) is 5.75 Å². The Kier molecular flexibility index (Phi) is 6.07. The predicted molar refractivity (Wildman–Crippen MR) is 89.2 cm³/mol. The van der Waals surface area contributed by atoms with Crippen LogP contribution in [0.15, 0.2) is 18.2 Å². The zero-order valence-electron chi connectivity index (χ0n) is 14.0. The highest BCUT2D eigenvalue weighted by Gasteiger charge is 2.23. The summed E-state index contributed by atoms with van der Waals surface area (Å²) in [4.78, 5) is 2.46. The summed E-state index contributed by atoms with van der Waals surface area (Å²) in [6.07, 6.45) is 1.06. The summed E-state index contributed by atoms with van der Waals surface area (Å²) in [7, 11) is 0. The molecule has 1 aliphatic heterocycles. The third kappa shape index (κ3) is 3.98. The Hall–Kier alpha value is -1.06. The molecule has 21 heavy (non-hydrogen) atoms. The van der Waals surface area contributed by atoms with Crippen molar-refractivity contribution in [3.05, 3.63) is 29.3 Å². The lowest BCUT2D eigenvalue weighted by atomic mass is 9.93. The summed E-state index contributed by atoms with van der Waals surface area (Å²) < 4.78 is 5.97. The van der Waals surface area contributed by atoms with Crippen LogP contribution in [0.5, 0.6) is 5.75 Å². The molecule has 0 bridgehead atoms. The van der Waals surface area contributed by atoms with Crippen LogP contribution in [0.3, 0.4) is 0 Å². The van der Waals surface area contributed by atoms with Gasteiger partial charge in [-0.05, 0) is 24.6 Å². The number of para-hydroxylation sites is 1. The van der Waals surface area contributed by atoms with Crippen molar-refractivity contribution in [2.75, 3.05) is 32.8 Å². The predicted octanol–water partition coefficient (Wildman–Crippen LogP) is 3.57. The van der Waals surface area contributed by atoms with Gasteiger partial charge >= 0.3 is 0 Å². The van der Waals surface area contributed by atoms with E-state index in [1.807, 2.05) is 0 Å². The van der Waals surface area contributed by atoms with Gasteiger partial charge < -0.3 is 15.0 Å². The number of likely N-dealkylation sites (N-methyl/N-ethyl adjacent to an activating group) is 1. The van der Waals surface area contributed by atoms with Crippen molar-refractivity contribution >= 4 is 0 Å². The Labute approximate surface area is 129 Å². The van der Waals surface area contributed by atoms with E-state index in [1.165, 1.54) is 11.1 Å². The first-order valence-corrected chi connectivity index (χ1v) is 8.38. The molecule has 0 aliphatic carbocycles. The lowest BCUT2D eigenvalue weighted by molar-refractivity contribution is 0.240. The topological polar surface area (TPSA) is 24.5 Å². The Bertz CT molecular complexity index is 441. The molecular formula is C18H30N2O. The molecule has 0 saturated carbocycles. The fourth-order valence-corrected chi connectivity index (χ4v) is 3.05. The Morgan fingerprint density at radius 2 is 2.05 bits per heavy atom. The van der Waals surface area contributed by atoms with Gasteiger partial charge in [-0.15, -0.1) is 0 Å². The van der Waals surface area contributed by atoms with Crippen molar-refractivity contribution in [2.45, 2.75) is 46.1 Å². The zero-order chi connectivity index (χ0) is 15.2. The van der Waals surface area contributed by atoms with Gasteiger partial charge in [-0.1, -0.05) is 45.9 Å². The number of benzene rings is 1. The lowest BCUT2D eigenvalue weighted by Crippen LogP contribution is -2.35. The molecule has 3 heteroatoms. The first-order chi connectivity index (χ1) is 10.2. The summed E-state index contributed by atoms with van der Waals surface area (Å²) in [5, 5.41) is 3.72. The van der Waals surface area contributed by atoms with E-state index in [0.29, 0.717) is 12.0 Å². The van der Waals surface area contributed by atoms with E-state index in [9.17, 15) is 0 Å². The number of rotatable bonds is 7. The van der Waals surface area contributed by atoms with Gasteiger partial charge in [-0.3, -0.25) is 0 Å². The first-order valence-electron chi connectivity index (χ1n) is 8.38. The van der Waals surface area contributed by atoms with Crippen LogP contribution >= 0.6 is 0 Å². The van der Waals surface area contributed by atoms with E-state index in [0.717, 1.165) is 45.0 Å². The van der Waals surface area contributed by atoms with Crippen LogP contribution in [-0.4, -0.2) is 37.7 Å². The maximum Gasteiger partial charge on any atom is 0.127 e. The second-order valence-electron chi connectivity index (χ2n) is 6.09. The second kappa shape index (κ2) is 7.81. The highest BCUT2D eigenvalue weighted by molar-refractivity contribution is 5.46. The van der Waals surface area contributed by atoms with E-state index in [-0.39, 0.29) is 0 Å². The van der Waals surface area contributed by atoms with Crippen molar-refractivity contribution in [3.8, 4) is 5.75 Å². The van der Waals surface area contributed by atoms with Crippen molar-refractivity contribution in [3.63, 3.8) is 0 Å². The quantitative estimate of drug-likeness (QED) is 0.831. The molecule has 0 aromatic heterocycles.